The van der Waals surface area contributed by atoms with Crippen LogP contribution in [0.1, 0.15) is 12.0 Å². The van der Waals surface area contributed by atoms with E-state index in [0.29, 0.717) is 11.6 Å². The minimum Gasteiger partial charge on any atom is -0.368 e. The van der Waals surface area contributed by atoms with Crippen molar-refractivity contribution in [2.45, 2.75) is 19.4 Å². The van der Waals surface area contributed by atoms with Crippen molar-refractivity contribution in [1.29, 1.82) is 0 Å². The van der Waals surface area contributed by atoms with E-state index in [4.69, 9.17) is 0 Å². The second kappa shape index (κ2) is 5.36. The van der Waals surface area contributed by atoms with Crippen LogP contribution in [0.4, 0.5) is 10.1 Å². The molecule has 2 saturated heterocycles. The molecule has 4 heteroatoms. The summed E-state index contributed by atoms with van der Waals surface area (Å²) >= 11 is 0. The topological polar surface area (TPSA) is 28.2 Å². The standard InChI is InChI=1S/C18H20FN3/c1-12-4-14(2-3-18(12)19)15-6-17(9-20-8-15)22-10-13-5-16(11-22)21-7-13/h2-4,6,8-9,13,16,21H,5,7,10-11H2,1H3. The van der Waals surface area contributed by atoms with E-state index in [2.05, 4.69) is 21.3 Å². The number of nitrogens with zero attached hydrogens (tertiary/aromatic N) is 2. The van der Waals surface area contributed by atoms with Gasteiger partial charge < -0.3 is 10.2 Å². The van der Waals surface area contributed by atoms with Crippen molar-refractivity contribution in [2.75, 3.05) is 24.5 Å². The van der Waals surface area contributed by atoms with Gasteiger partial charge in [0.25, 0.3) is 0 Å². The first-order chi connectivity index (χ1) is 10.7. The van der Waals surface area contributed by atoms with Crippen molar-refractivity contribution in [2.24, 2.45) is 5.92 Å². The first kappa shape index (κ1) is 13.7. The van der Waals surface area contributed by atoms with E-state index in [9.17, 15) is 4.39 Å². The molecular formula is C18H20FN3. The van der Waals surface area contributed by atoms with Gasteiger partial charge in [0, 0.05) is 37.4 Å². The van der Waals surface area contributed by atoms with E-state index in [0.717, 1.165) is 42.4 Å². The highest BCUT2D eigenvalue weighted by molar-refractivity contribution is 5.68. The number of fused-ring (bicyclic) bond motifs is 2. The predicted octanol–water partition coefficient (Wildman–Crippen LogP) is 2.99. The molecule has 0 spiro atoms. The van der Waals surface area contributed by atoms with Crippen LogP contribution < -0.4 is 10.2 Å². The number of anilines is 1. The Bertz CT molecular complexity index is 688. The zero-order valence-electron chi connectivity index (χ0n) is 12.7. The molecule has 1 aromatic carbocycles. The molecule has 2 aliphatic rings. The lowest BCUT2D eigenvalue weighted by Gasteiger charge is -2.32. The van der Waals surface area contributed by atoms with Gasteiger partial charge in [-0.15, -0.1) is 0 Å². The SMILES string of the molecule is Cc1cc(-c2cncc(N3CC4CNC(C4)C3)c2)ccc1F. The number of hydrogen-bond donors (Lipinski definition) is 1. The molecule has 3 nitrogen and oxygen atoms in total. The van der Waals surface area contributed by atoms with Gasteiger partial charge in [-0.05, 0) is 48.6 Å². The average molecular weight is 297 g/mol. The summed E-state index contributed by atoms with van der Waals surface area (Å²) in [4.78, 5) is 6.83. The summed E-state index contributed by atoms with van der Waals surface area (Å²) in [6.45, 7) is 5.07. The van der Waals surface area contributed by atoms with Crippen LogP contribution in [0.2, 0.25) is 0 Å². The molecule has 0 saturated carbocycles. The highest BCUT2D eigenvalue weighted by Gasteiger charge is 2.32. The molecule has 22 heavy (non-hydrogen) atoms. The third-order valence-corrected chi connectivity index (χ3v) is 4.81. The van der Waals surface area contributed by atoms with E-state index in [-0.39, 0.29) is 5.82 Å². The molecule has 4 rings (SSSR count). The Balaban J connectivity index is 1.64. The van der Waals surface area contributed by atoms with Gasteiger partial charge in [0.15, 0.2) is 0 Å². The molecule has 114 valence electrons. The van der Waals surface area contributed by atoms with Crippen LogP contribution in [0, 0.1) is 18.7 Å². The highest BCUT2D eigenvalue weighted by Crippen LogP contribution is 2.29. The molecule has 0 aliphatic carbocycles. The lowest BCUT2D eigenvalue weighted by atomic mass is 9.99. The minimum atomic E-state index is -0.161. The van der Waals surface area contributed by atoms with E-state index >= 15 is 0 Å². The normalized spacial score (nSPS) is 23.8. The van der Waals surface area contributed by atoms with Gasteiger partial charge in [-0.2, -0.15) is 0 Å². The Labute approximate surface area is 130 Å². The molecule has 2 bridgehead atoms. The second-order valence-corrected chi connectivity index (χ2v) is 6.51. The lowest BCUT2D eigenvalue weighted by Crippen LogP contribution is -2.41. The Hall–Kier alpha value is -1.94. The first-order valence-corrected chi connectivity index (χ1v) is 7.89. The number of rotatable bonds is 2. The van der Waals surface area contributed by atoms with Crippen molar-refractivity contribution in [1.82, 2.24) is 10.3 Å². The molecular weight excluding hydrogens is 277 g/mol. The molecule has 2 fully saturated rings. The molecule has 2 aliphatic heterocycles. The zero-order valence-corrected chi connectivity index (χ0v) is 12.7. The summed E-state index contributed by atoms with van der Waals surface area (Å²) in [6, 6.07) is 8.02. The molecule has 0 amide bonds. The smallest absolute Gasteiger partial charge is 0.126 e. The second-order valence-electron chi connectivity index (χ2n) is 6.51. The van der Waals surface area contributed by atoms with E-state index in [1.54, 1.807) is 6.92 Å². The highest BCUT2D eigenvalue weighted by atomic mass is 19.1. The number of hydrogen-bond acceptors (Lipinski definition) is 3. The zero-order chi connectivity index (χ0) is 15.1. The quantitative estimate of drug-likeness (QED) is 0.923. The summed E-state index contributed by atoms with van der Waals surface area (Å²) in [6.07, 6.45) is 5.08. The van der Waals surface area contributed by atoms with E-state index < -0.39 is 0 Å². The van der Waals surface area contributed by atoms with Crippen LogP contribution in [0.5, 0.6) is 0 Å². The van der Waals surface area contributed by atoms with Gasteiger partial charge in [0.1, 0.15) is 5.82 Å². The van der Waals surface area contributed by atoms with Crippen LogP contribution in [0.3, 0.4) is 0 Å². The minimum absolute atomic E-state index is 0.161. The van der Waals surface area contributed by atoms with Crippen LogP contribution in [-0.2, 0) is 0 Å². The summed E-state index contributed by atoms with van der Waals surface area (Å²) in [7, 11) is 0. The summed E-state index contributed by atoms with van der Waals surface area (Å²) in [5.74, 6) is 0.585. The molecule has 1 aromatic heterocycles. The fourth-order valence-corrected chi connectivity index (χ4v) is 3.63. The number of aromatic nitrogens is 1. The number of halogens is 1. The maximum absolute atomic E-state index is 13.4. The van der Waals surface area contributed by atoms with Crippen LogP contribution in [0.15, 0.2) is 36.7 Å². The predicted molar refractivity (Wildman–Crippen MR) is 86.5 cm³/mol. The van der Waals surface area contributed by atoms with Gasteiger partial charge in [0.05, 0.1) is 11.9 Å². The van der Waals surface area contributed by atoms with Gasteiger partial charge >= 0.3 is 0 Å². The van der Waals surface area contributed by atoms with Crippen molar-refractivity contribution < 1.29 is 4.39 Å². The van der Waals surface area contributed by atoms with Gasteiger partial charge in [0.2, 0.25) is 0 Å². The summed E-state index contributed by atoms with van der Waals surface area (Å²) in [5, 5.41) is 3.57. The molecule has 2 atom stereocenters. The van der Waals surface area contributed by atoms with Gasteiger partial charge in [-0.1, -0.05) is 6.07 Å². The van der Waals surface area contributed by atoms with Gasteiger partial charge in [-0.3, -0.25) is 4.98 Å². The monoisotopic (exact) mass is 297 g/mol. The Morgan fingerprint density at radius 1 is 1.18 bits per heavy atom. The Morgan fingerprint density at radius 3 is 2.91 bits per heavy atom. The number of nitrogens with one attached hydrogen (secondary N) is 1. The van der Waals surface area contributed by atoms with Crippen LogP contribution in [-0.4, -0.2) is 30.7 Å². The Kier molecular flexibility index (Phi) is 3.34. The average Bonchev–Trinajstić information content (AvgIpc) is 2.88. The number of piperidine rings is 1. The van der Waals surface area contributed by atoms with Crippen molar-refractivity contribution >= 4 is 5.69 Å². The maximum Gasteiger partial charge on any atom is 0.126 e. The van der Waals surface area contributed by atoms with E-state index in [1.165, 1.54) is 12.5 Å². The third-order valence-electron chi connectivity index (χ3n) is 4.81. The largest absolute Gasteiger partial charge is 0.368 e. The number of pyridine rings is 1. The Morgan fingerprint density at radius 2 is 2.09 bits per heavy atom. The first-order valence-electron chi connectivity index (χ1n) is 7.89. The molecule has 2 unspecified atom stereocenters. The van der Waals surface area contributed by atoms with Crippen LogP contribution in [0.25, 0.3) is 11.1 Å². The van der Waals surface area contributed by atoms with Crippen LogP contribution >= 0.6 is 0 Å². The van der Waals surface area contributed by atoms with Crippen molar-refractivity contribution in [3.8, 4) is 11.1 Å². The van der Waals surface area contributed by atoms with Crippen molar-refractivity contribution in [3.63, 3.8) is 0 Å². The number of benzene rings is 1. The molecule has 2 aromatic rings. The number of aryl methyl sites for hydroxylation is 1. The van der Waals surface area contributed by atoms with E-state index in [1.807, 2.05) is 24.5 Å². The summed E-state index contributed by atoms with van der Waals surface area (Å²) < 4.78 is 13.4. The lowest BCUT2D eigenvalue weighted by molar-refractivity contribution is 0.474. The fraction of sp³-hybridized carbons (Fsp3) is 0.389. The fourth-order valence-electron chi connectivity index (χ4n) is 3.63. The molecule has 0 radical (unpaired) electrons. The van der Waals surface area contributed by atoms with Gasteiger partial charge in [-0.25, -0.2) is 4.39 Å². The summed E-state index contributed by atoms with van der Waals surface area (Å²) in [5.41, 5.74) is 3.90. The molecule has 3 heterocycles. The maximum atomic E-state index is 13.4. The molecule has 1 N–H and O–H groups in total. The third kappa shape index (κ3) is 2.48. The van der Waals surface area contributed by atoms with Crippen molar-refractivity contribution in [3.05, 3.63) is 48.0 Å².